The number of hydrogen-bond donors (Lipinski definition) is 2. The first-order chi connectivity index (χ1) is 18.5. The largest absolute Gasteiger partial charge is 0.495 e. The number of aromatic nitrogens is 2. The third kappa shape index (κ3) is 4.85. The predicted octanol–water partition coefficient (Wildman–Crippen LogP) is 4.95. The van der Waals surface area contributed by atoms with Crippen molar-refractivity contribution in [3.63, 3.8) is 0 Å². The minimum Gasteiger partial charge on any atom is -0.495 e. The zero-order valence-electron chi connectivity index (χ0n) is 21.4. The zero-order chi connectivity index (χ0) is 26.6. The Morgan fingerprint density at radius 3 is 2.63 bits per heavy atom. The molecule has 2 unspecified atom stereocenters. The van der Waals surface area contributed by atoms with Gasteiger partial charge in [0.2, 0.25) is 5.91 Å². The molecular formula is C29H29N5O3S. The predicted molar refractivity (Wildman–Crippen MR) is 152 cm³/mol. The fraction of sp³-hybridized carbons (Fsp3) is 0.207. The van der Waals surface area contributed by atoms with E-state index in [9.17, 15) is 4.79 Å². The molecule has 1 fully saturated rings. The van der Waals surface area contributed by atoms with Crippen LogP contribution in [0.4, 0.5) is 11.4 Å². The minimum atomic E-state index is -0.276. The lowest BCUT2D eigenvalue weighted by Gasteiger charge is -2.29. The first kappa shape index (κ1) is 25.4. The molecule has 1 aliphatic rings. The molecule has 2 aromatic heterocycles. The molecule has 1 amide bonds. The topological polar surface area (TPSA) is 80.7 Å². The average Bonchev–Trinajstić information content (AvgIpc) is 3.53. The maximum atomic E-state index is 12.3. The molecule has 9 heteroatoms. The molecule has 0 spiro atoms. The van der Waals surface area contributed by atoms with Crippen LogP contribution in [0, 0.1) is 6.92 Å². The molecule has 2 aromatic carbocycles. The molecule has 38 heavy (non-hydrogen) atoms. The van der Waals surface area contributed by atoms with Crippen molar-refractivity contribution in [3.8, 4) is 11.4 Å². The van der Waals surface area contributed by atoms with Crippen LogP contribution in [0.5, 0.6) is 5.75 Å². The van der Waals surface area contributed by atoms with E-state index in [2.05, 4.69) is 56.4 Å². The Bertz CT molecular complexity index is 1460. The molecule has 1 aliphatic heterocycles. The summed E-state index contributed by atoms with van der Waals surface area (Å²) in [5, 5.41) is 6.94. The van der Waals surface area contributed by atoms with Crippen LogP contribution in [-0.4, -0.2) is 41.4 Å². The highest BCUT2D eigenvalue weighted by molar-refractivity contribution is 7.80. The van der Waals surface area contributed by atoms with Gasteiger partial charge in [0.05, 0.1) is 24.5 Å². The third-order valence-corrected chi connectivity index (χ3v) is 6.88. The van der Waals surface area contributed by atoms with Crippen molar-refractivity contribution in [1.82, 2.24) is 14.9 Å². The summed E-state index contributed by atoms with van der Waals surface area (Å²) in [6.07, 6.45) is 3.86. The molecule has 0 saturated carbocycles. The van der Waals surface area contributed by atoms with E-state index in [-0.39, 0.29) is 24.6 Å². The number of methoxy groups -OCH3 is 2. The second kappa shape index (κ2) is 11.0. The van der Waals surface area contributed by atoms with Crippen molar-refractivity contribution in [2.45, 2.75) is 19.0 Å². The number of para-hydroxylation sites is 1. The number of nitrogens with zero attached hydrogens (tertiary/aromatic N) is 3. The quantitative estimate of drug-likeness (QED) is 0.314. The van der Waals surface area contributed by atoms with Crippen LogP contribution in [0.1, 0.15) is 29.0 Å². The molecule has 194 valence electrons. The Labute approximate surface area is 227 Å². The van der Waals surface area contributed by atoms with Crippen LogP contribution in [0.15, 0.2) is 85.2 Å². The fourth-order valence-corrected chi connectivity index (χ4v) is 5.23. The lowest BCUT2D eigenvalue weighted by Crippen LogP contribution is -2.30. The molecule has 2 atom stereocenters. The summed E-state index contributed by atoms with van der Waals surface area (Å²) in [6.45, 7) is 2.04. The molecule has 2 N–H and O–H groups in total. The Balaban J connectivity index is 1.64. The van der Waals surface area contributed by atoms with E-state index in [1.54, 1.807) is 13.3 Å². The Kier molecular flexibility index (Phi) is 7.39. The van der Waals surface area contributed by atoms with E-state index in [1.807, 2.05) is 54.6 Å². The third-order valence-electron chi connectivity index (χ3n) is 6.57. The van der Waals surface area contributed by atoms with E-state index in [4.69, 9.17) is 21.7 Å². The number of ether oxygens (including phenoxy) is 2. The van der Waals surface area contributed by atoms with Crippen molar-refractivity contribution in [2.75, 3.05) is 31.0 Å². The first-order valence-electron chi connectivity index (χ1n) is 12.2. The highest BCUT2D eigenvalue weighted by Gasteiger charge is 2.42. The first-order valence-corrected chi connectivity index (χ1v) is 12.6. The highest BCUT2D eigenvalue weighted by Crippen LogP contribution is 2.44. The van der Waals surface area contributed by atoms with Gasteiger partial charge in [-0.05, 0) is 73.2 Å². The number of rotatable bonds is 8. The zero-order valence-corrected chi connectivity index (χ0v) is 22.2. The number of benzene rings is 2. The van der Waals surface area contributed by atoms with Crippen molar-refractivity contribution < 1.29 is 14.3 Å². The number of amides is 1. The summed E-state index contributed by atoms with van der Waals surface area (Å²) >= 11 is 5.91. The number of hydrogen-bond acceptors (Lipinski definition) is 5. The fourth-order valence-electron chi connectivity index (χ4n) is 4.88. The molecule has 4 aromatic rings. The molecule has 5 rings (SSSR count). The lowest BCUT2D eigenvalue weighted by molar-refractivity contribution is -0.119. The maximum Gasteiger partial charge on any atom is 0.250 e. The summed E-state index contributed by atoms with van der Waals surface area (Å²) in [5.41, 5.74) is 5.51. The van der Waals surface area contributed by atoms with Gasteiger partial charge in [-0.2, -0.15) is 0 Å². The Morgan fingerprint density at radius 2 is 1.89 bits per heavy atom. The van der Waals surface area contributed by atoms with Crippen LogP contribution in [0.2, 0.25) is 0 Å². The van der Waals surface area contributed by atoms with Gasteiger partial charge in [0.15, 0.2) is 5.11 Å². The molecule has 3 heterocycles. The van der Waals surface area contributed by atoms with E-state index < -0.39 is 0 Å². The molecule has 0 aliphatic carbocycles. The number of carbonyl (C=O) groups excluding carboxylic acids is 1. The van der Waals surface area contributed by atoms with Crippen LogP contribution < -0.4 is 20.3 Å². The van der Waals surface area contributed by atoms with Crippen LogP contribution in [-0.2, 0) is 9.53 Å². The van der Waals surface area contributed by atoms with Crippen LogP contribution in [0.3, 0.4) is 0 Å². The normalized spacial score (nSPS) is 16.8. The monoisotopic (exact) mass is 527 g/mol. The number of thiocarbonyl (C=S) groups is 1. The van der Waals surface area contributed by atoms with Crippen molar-refractivity contribution in [3.05, 3.63) is 102 Å². The summed E-state index contributed by atoms with van der Waals surface area (Å²) in [7, 11) is 3.05. The van der Waals surface area contributed by atoms with Gasteiger partial charge in [-0.25, -0.2) is 0 Å². The van der Waals surface area contributed by atoms with Gasteiger partial charge >= 0.3 is 0 Å². The number of anilines is 2. The minimum absolute atomic E-state index is 0.0641. The Morgan fingerprint density at radius 1 is 1.08 bits per heavy atom. The molecule has 0 radical (unpaired) electrons. The summed E-state index contributed by atoms with van der Waals surface area (Å²) in [4.78, 5) is 19.1. The van der Waals surface area contributed by atoms with E-state index in [0.717, 1.165) is 28.3 Å². The van der Waals surface area contributed by atoms with Gasteiger partial charge in [0.1, 0.15) is 18.4 Å². The van der Waals surface area contributed by atoms with Crippen molar-refractivity contribution in [1.29, 1.82) is 0 Å². The molecule has 8 nitrogen and oxygen atoms in total. The number of pyridine rings is 1. The summed E-state index contributed by atoms with van der Waals surface area (Å²) in [5.74, 6) is 0.263. The highest BCUT2D eigenvalue weighted by atomic mass is 32.1. The van der Waals surface area contributed by atoms with Gasteiger partial charge in [0.25, 0.3) is 0 Å². The van der Waals surface area contributed by atoms with Gasteiger partial charge in [-0.3, -0.25) is 9.78 Å². The second-order valence-corrected chi connectivity index (χ2v) is 9.34. The van der Waals surface area contributed by atoms with Gasteiger partial charge < -0.3 is 29.6 Å². The Hall–Kier alpha value is -4.21. The van der Waals surface area contributed by atoms with Crippen LogP contribution in [0.25, 0.3) is 5.69 Å². The van der Waals surface area contributed by atoms with Gasteiger partial charge in [-0.1, -0.05) is 24.3 Å². The smallest absolute Gasteiger partial charge is 0.250 e. The van der Waals surface area contributed by atoms with E-state index >= 15 is 0 Å². The summed E-state index contributed by atoms with van der Waals surface area (Å²) < 4.78 is 12.7. The van der Waals surface area contributed by atoms with Crippen LogP contribution >= 0.6 is 12.2 Å². The van der Waals surface area contributed by atoms with E-state index in [1.165, 1.54) is 7.11 Å². The molecule has 0 bridgehead atoms. The second-order valence-electron chi connectivity index (χ2n) is 8.95. The van der Waals surface area contributed by atoms with Crippen molar-refractivity contribution in [2.24, 2.45) is 0 Å². The molecule has 1 saturated heterocycles. The lowest BCUT2D eigenvalue weighted by atomic mass is 10.0. The summed E-state index contributed by atoms with van der Waals surface area (Å²) in [6, 6.07) is 23.5. The number of carbonyl (C=O) groups is 1. The van der Waals surface area contributed by atoms with Crippen molar-refractivity contribution >= 4 is 34.6 Å². The SMILES string of the molecule is COCC(=O)Nc1cc(N2C(=S)NC(c3ccccn3)C2c2cccn2-c2ccccc2C)ccc1OC. The van der Waals surface area contributed by atoms with E-state index in [0.29, 0.717) is 16.5 Å². The number of aryl methyl sites for hydroxylation is 1. The number of nitrogens with one attached hydrogen (secondary N) is 2. The standard InChI is InChI=1S/C29H29N5O3S/c1-19-9-4-5-11-23(19)33-16-8-12-24(33)28-27(21-10-6-7-15-30-21)32-29(38)34(28)20-13-14-25(37-3)22(17-20)31-26(35)18-36-2/h4-17,27-28H,18H2,1-3H3,(H,31,35)(H,32,38). The maximum absolute atomic E-state index is 12.3. The van der Waals surface area contributed by atoms with Gasteiger partial charge in [0, 0.05) is 36.6 Å². The molecular weight excluding hydrogens is 498 g/mol. The average molecular weight is 528 g/mol. The van der Waals surface area contributed by atoms with Gasteiger partial charge in [-0.15, -0.1) is 0 Å².